The quantitative estimate of drug-likeness (QED) is 0.832. The molecule has 0 saturated carbocycles. The Kier molecular flexibility index (Phi) is 3.33. The number of piperidine rings is 1. The first-order chi connectivity index (χ1) is 9.13. The van der Waals surface area contributed by atoms with E-state index in [1.165, 1.54) is 6.07 Å². The molecular weight excluding hydrogens is 252 g/mol. The standard InChI is InChI=1S/C14H15F2NO2/c15-12-2-1-8(5-13(12)16)14(18)9-3-10-6-19-7-11(4-9)17-10/h1-2,5,9-11,17H,3-4,6-7H2. The third-order valence-electron chi connectivity index (χ3n) is 3.82. The van der Waals surface area contributed by atoms with Gasteiger partial charge in [-0.15, -0.1) is 0 Å². The molecule has 2 saturated heterocycles. The first kappa shape index (κ1) is 12.7. The van der Waals surface area contributed by atoms with Gasteiger partial charge in [-0.25, -0.2) is 8.78 Å². The number of nitrogens with one attached hydrogen (secondary N) is 1. The van der Waals surface area contributed by atoms with Gasteiger partial charge in [-0.2, -0.15) is 0 Å². The predicted octanol–water partition coefficient (Wildman–Crippen LogP) is 1.91. The van der Waals surface area contributed by atoms with Gasteiger partial charge >= 0.3 is 0 Å². The van der Waals surface area contributed by atoms with Gasteiger partial charge in [0.15, 0.2) is 17.4 Å². The number of hydrogen-bond donors (Lipinski definition) is 1. The Bertz CT molecular complexity index is 494. The van der Waals surface area contributed by atoms with Crippen LogP contribution in [-0.4, -0.2) is 31.1 Å². The molecule has 5 heteroatoms. The third-order valence-corrected chi connectivity index (χ3v) is 3.82. The molecule has 1 aromatic carbocycles. The number of benzene rings is 1. The Morgan fingerprint density at radius 1 is 1.16 bits per heavy atom. The maximum atomic E-state index is 13.2. The van der Waals surface area contributed by atoms with Crippen LogP contribution in [0.25, 0.3) is 0 Å². The van der Waals surface area contributed by atoms with Crippen LogP contribution >= 0.6 is 0 Å². The highest BCUT2D eigenvalue weighted by molar-refractivity contribution is 5.98. The van der Waals surface area contributed by atoms with Crippen molar-refractivity contribution in [3.63, 3.8) is 0 Å². The highest BCUT2D eigenvalue weighted by Gasteiger charge is 2.35. The second kappa shape index (κ2) is 4.98. The zero-order valence-electron chi connectivity index (χ0n) is 10.4. The molecule has 0 amide bonds. The number of ether oxygens (including phenoxy) is 1. The van der Waals surface area contributed by atoms with E-state index in [2.05, 4.69) is 5.32 Å². The second-order valence-electron chi connectivity index (χ2n) is 5.26. The van der Waals surface area contributed by atoms with E-state index >= 15 is 0 Å². The van der Waals surface area contributed by atoms with Crippen molar-refractivity contribution >= 4 is 5.78 Å². The Labute approximate surface area is 109 Å². The van der Waals surface area contributed by atoms with Crippen LogP contribution in [0.4, 0.5) is 8.78 Å². The molecule has 2 aliphatic heterocycles. The largest absolute Gasteiger partial charge is 0.378 e. The van der Waals surface area contributed by atoms with Gasteiger partial charge in [0.1, 0.15) is 0 Å². The summed E-state index contributed by atoms with van der Waals surface area (Å²) in [6.45, 7) is 1.22. The summed E-state index contributed by atoms with van der Waals surface area (Å²) in [4.78, 5) is 12.3. The van der Waals surface area contributed by atoms with Gasteiger partial charge in [-0.05, 0) is 31.0 Å². The molecule has 1 N–H and O–H groups in total. The molecule has 19 heavy (non-hydrogen) atoms. The molecule has 0 spiro atoms. The Morgan fingerprint density at radius 3 is 2.47 bits per heavy atom. The fourth-order valence-corrected chi connectivity index (χ4v) is 2.94. The minimum absolute atomic E-state index is 0.0997. The molecule has 3 nitrogen and oxygen atoms in total. The van der Waals surface area contributed by atoms with Crippen molar-refractivity contribution in [1.82, 2.24) is 5.32 Å². The molecular formula is C14H15F2NO2. The molecule has 2 bridgehead atoms. The number of morpholine rings is 1. The summed E-state index contributed by atoms with van der Waals surface area (Å²) in [5, 5.41) is 3.40. The van der Waals surface area contributed by atoms with Crippen LogP contribution in [0, 0.1) is 17.6 Å². The van der Waals surface area contributed by atoms with Crippen molar-refractivity contribution in [3.8, 4) is 0 Å². The number of carbonyl (C=O) groups is 1. The van der Waals surface area contributed by atoms with Gasteiger partial charge in [-0.3, -0.25) is 4.79 Å². The van der Waals surface area contributed by atoms with Crippen molar-refractivity contribution in [2.24, 2.45) is 5.92 Å². The van der Waals surface area contributed by atoms with Crippen LogP contribution in [0.2, 0.25) is 0 Å². The molecule has 2 fully saturated rings. The highest BCUT2D eigenvalue weighted by Crippen LogP contribution is 2.27. The predicted molar refractivity (Wildman–Crippen MR) is 64.9 cm³/mol. The molecule has 2 heterocycles. The summed E-state index contributed by atoms with van der Waals surface area (Å²) in [7, 11) is 0. The van der Waals surface area contributed by atoms with Crippen LogP contribution in [0.3, 0.4) is 0 Å². The van der Waals surface area contributed by atoms with Gasteiger partial charge < -0.3 is 10.1 Å². The smallest absolute Gasteiger partial charge is 0.166 e. The lowest BCUT2D eigenvalue weighted by Crippen LogP contribution is -2.55. The maximum absolute atomic E-state index is 13.2. The van der Waals surface area contributed by atoms with E-state index in [4.69, 9.17) is 4.74 Å². The monoisotopic (exact) mass is 267 g/mol. The van der Waals surface area contributed by atoms with Crippen LogP contribution in [0.5, 0.6) is 0 Å². The summed E-state index contributed by atoms with van der Waals surface area (Å²) in [6, 6.07) is 3.73. The van der Waals surface area contributed by atoms with Gasteiger partial charge in [-0.1, -0.05) is 0 Å². The summed E-state index contributed by atoms with van der Waals surface area (Å²) in [6.07, 6.45) is 1.38. The average Bonchev–Trinajstić information content (AvgIpc) is 2.40. The molecule has 1 aromatic rings. The molecule has 2 aliphatic rings. The average molecular weight is 267 g/mol. The fraction of sp³-hybridized carbons (Fsp3) is 0.500. The normalized spacial score (nSPS) is 30.1. The van der Waals surface area contributed by atoms with Gasteiger partial charge in [0.2, 0.25) is 0 Å². The zero-order chi connectivity index (χ0) is 13.4. The lowest BCUT2D eigenvalue weighted by molar-refractivity contribution is 0.00952. The number of Topliss-reactive ketones (excluding diaryl/α,β-unsaturated/α-hetero) is 1. The van der Waals surface area contributed by atoms with Crippen LogP contribution in [0.1, 0.15) is 23.2 Å². The van der Waals surface area contributed by atoms with Crippen LogP contribution in [-0.2, 0) is 4.74 Å². The Morgan fingerprint density at radius 2 is 1.84 bits per heavy atom. The fourth-order valence-electron chi connectivity index (χ4n) is 2.94. The van der Waals surface area contributed by atoms with Crippen LogP contribution in [0.15, 0.2) is 18.2 Å². The molecule has 0 radical (unpaired) electrons. The zero-order valence-corrected chi connectivity index (χ0v) is 10.4. The van der Waals surface area contributed by atoms with Crippen LogP contribution < -0.4 is 5.32 Å². The van der Waals surface area contributed by atoms with E-state index in [1.54, 1.807) is 0 Å². The number of fused-ring (bicyclic) bond motifs is 2. The summed E-state index contributed by atoms with van der Waals surface area (Å²) >= 11 is 0. The number of halogens is 2. The molecule has 3 rings (SSSR count). The van der Waals surface area contributed by atoms with E-state index in [0.717, 1.165) is 12.1 Å². The third kappa shape index (κ3) is 2.53. The summed E-state index contributed by atoms with van der Waals surface area (Å²) in [5.41, 5.74) is 0.254. The second-order valence-corrected chi connectivity index (χ2v) is 5.26. The van der Waals surface area contributed by atoms with Gasteiger partial charge in [0, 0.05) is 23.6 Å². The molecule has 0 aliphatic carbocycles. The molecule has 2 unspecified atom stereocenters. The number of hydrogen-bond acceptors (Lipinski definition) is 3. The van der Waals surface area contributed by atoms with Crippen molar-refractivity contribution in [2.45, 2.75) is 24.9 Å². The Balaban J connectivity index is 1.78. The molecule has 0 aromatic heterocycles. The van der Waals surface area contributed by atoms with Crippen molar-refractivity contribution in [1.29, 1.82) is 0 Å². The first-order valence-electron chi connectivity index (χ1n) is 6.46. The SMILES string of the molecule is O=C(c1ccc(F)c(F)c1)C1CC2COCC(C1)N2. The minimum atomic E-state index is -0.969. The van der Waals surface area contributed by atoms with E-state index < -0.39 is 11.6 Å². The van der Waals surface area contributed by atoms with Crippen molar-refractivity contribution < 1.29 is 18.3 Å². The highest BCUT2D eigenvalue weighted by atomic mass is 19.2. The van der Waals surface area contributed by atoms with Crippen molar-refractivity contribution in [2.75, 3.05) is 13.2 Å². The van der Waals surface area contributed by atoms with E-state index in [9.17, 15) is 13.6 Å². The first-order valence-corrected chi connectivity index (χ1v) is 6.46. The van der Waals surface area contributed by atoms with Crippen molar-refractivity contribution in [3.05, 3.63) is 35.4 Å². The topological polar surface area (TPSA) is 38.3 Å². The maximum Gasteiger partial charge on any atom is 0.166 e. The summed E-state index contributed by atoms with van der Waals surface area (Å²) in [5.74, 6) is -2.13. The van der Waals surface area contributed by atoms with E-state index in [0.29, 0.717) is 26.1 Å². The lowest BCUT2D eigenvalue weighted by Gasteiger charge is -2.39. The number of carbonyl (C=O) groups excluding carboxylic acids is 1. The molecule has 102 valence electrons. The molecule has 2 atom stereocenters. The van der Waals surface area contributed by atoms with E-state index in [1.807, 2.05) is 0 Å². The minimum Gasteiger partial charge on any atom is -0.378 e. The Hall–Kier alpha value is -1.33. The number of rotatable bonds is 2. The summed E-state index contributed by atoms with van der Waals surface area (Å²) < 4.78 is 31.5. The van der Waals surface area contributed by atoms with Gasteiger partial charge in [0.25, 0.3) is 0 Å². The number of ketones is 1. The van der Waals surface area contributed by atoms with Gasteiger partial charge in [0.05, 0.1) is 13.2 Å². The van der Waals surface area contributed by atoms with E-state index in [-0.39, 0.29) is 29.3 Å². The lowest BCUT2D eigenvalue weighted by atomic mass is 9.82.